The number of aliphatic imine (C=N–C) groups is 1. The zero-order valence-electron chi connectivity index (χ0n) is 9.39. The summed E-state index contributed by atoms with van der Waals surface area (Å²) >= 11 is 0. The van der Waals surface area contributed by atoms with Gasteiger partial charge < -0.3 is 0 Å². The second-order valence-corrected chi connectivity index (χ2v) is 3.46. The van der Waals surface area contributed by atoms with E-state index >= 15 is 0 Å². The largest absolute Gasteiger partial charge is 0.263 e. The van der Waals surface area contributed by atoms with Crippen molar-refractivity contribution in [2.24, 2.45) is 12.0 Å². The molecule has 0 aliphatic heterocycles. The molecule has 2 aromatic rings. The van der Waals surface area contributed by atoms with E-state index in [1.807, 2.05) is 0 Å². The highest BCUT2D eigenvalue weighted by Gasteiger charge is 2.13. The maximum Gasteiger partial charge on any atom is 0.170 e. The number of aromatic nitrogens is 3. The molecule has 4 nitrogen and oxygen atoms in total. The van der Waals surface area contributed by atoms with Gasteiger partial charge in [0.1, 0.15) is 5.69 Å². The van der Waals surface area contributed by atoms with Gasteiger partial charge in [-0.15, -0.1) is 0 Å². The first-order valence-corrected chi connectivity index (χ1v) is 4.94. The molecule has 17 heavy (non-hydrogen) atoms. The van der Waals surface area contributed by atoms with Gasteiger partial charge in [0, 0.05) is 12.6 Å². The van der Waals surface area contributed by atoms with Crippen LogP contribution in [0.1, 0.15) is 5.56 Å². The minimum absolute atomic E-state index is 0.337. The average molecular weight is 230 g/mol. The molecule has 0 saturated heterocycles. The third-order valence-corrected chi connectivity index (χ3v) is 2.44. The minimum Gasteiger partial charge on any atom is -0.263 e. The third kappa shape index (κ3) is 1.87. The van der Waals surface area contributed by atoms with E-state index in [4.69, 9.17) is 0 Å². The van der Waals surface area contributed by atoms with Crippen molar-refractivity contribution in [3.05, 3.63) is 36.4 Å². The normalized spacial score (nSPS) is 10.2. The number of halogens is 1. The zero-order chi connectivity index (χ0) is 12.4. The van der Waals surface area contributed by atoms with Crippen LogP contribution in [-0.2, 0) is 7.05 Å². The molecule has 0 bridgehead atoms. The van der Waals surface area contributed by atoms with Crippen LogP contribution in [0.5, 0.6) is 0 Å². The van der Waals surface area contributed by atoms with Crippen LogP contribution in [-0.4, -0.2) is 21.5 Å². The first-order chi connectivity index (χ1) is 8.17. The Bertz CT molecular complexity index is 567. The summed E-state index contributed by atoms with van der Waals surface area (Å²) in [6, 6.07) is 1.71. The molecular formula is C12H11FN4. The van der Waals surface area contributed by atoms with Crippen LogP contribution in [0.25, 0.3) is 17.5 Å². The SMILES string of the molecule is C=Cc1cc(-c2c(F)cnn2C)ncc1N=C. The standard InChI is InChI=1S/C12H11FN4/c1-4-8-5-10(15-7-11(8)14-2)12-9(13)6-16-17(12)3/h4-7H,1-2H2,3H3. The van der Waals surface area contributed by atoms with Gasteiger partial charge in [0.05, 0.1) is 23.8 Å². The maximum atomic E-state index is 13.5. The molecule has 2 heterocycles. The fourth-order valence-corrected chi connectivity index (χ4v) is 1.59. The number of aryl methyl sites for hydroxylation is 1. The zero-order valence-corrected chi connectivity index (χ0v) is 9.39. The Kier molecular flexibility index (Phi) is 2.82. The van der Waals surface area contributed by atoms with Gasteiger partial charge in [0.25, 0.3) is 0 Å². The van der Waals surface area contributed by atoms with E-state index in [0.29, 0.717) is 17.1 Å². The molecule has 0 radical (unpaired) electrons. The first-order valence-electron chi connectivity index (χ1n) is 4.94. The van der Waals surface area contributed by atoms with Gasteiger partial charge in [0.2, 0.25) is 0 Å². The Morgan fingerprint density at radius 1 is 1.47 bits per heavy atom. The molecule has 0 aliphatic carbocycles. The Balaban J connectivity index is 2.61. The third-order valence-electron chi connectivity index (χ3n) is 2.44. The second-order valence-electron chi connectivity index (χ2n) is 3.46. The van der Waals surface area contributed by atoms with E-state index in [0.717, 1.165) is 11.8 Å². The predicted octanol–water partition coefficient (Wildman–Crippen LogP) is 2.60. The van der Waals surface area contributed by atoms with Crippen molar-refractivity contribution in [3.63, 3.8) is 0 Å². The summed E-state index contributed by atoms with van der Waals surface area (Å²) in [5, 5.41) is 3.83. The van der Waals surface area contributed by atoms with E-state index in [2.05, 4.69) is 28.4 Å². The van der Waals surface area contributed by atoms with Gasteiger partial charge in [-0.1, -0.05) is 12.7 Å². The fraction of sp³-hybridized carbons (Fsp3) is 0.0833. The van der Waals surface area contributed by atoms with E-state index < -0.39 is 5.82 Å². The fourth-order valence-electron chi connectivity index (χ4n) is 1.59. The van der Waals surface area contributed by atoms with Gasteiger partial charge in [0.15, 0.2) is 5.82 Å². The van der Waals surface area contributed by atoms with Crippen molar-refractivity contribution in [1.29, 1.82) is 0 Å². The minimum atomic E-state index is -0.408. The highest BCUT2D eigenvalue weighted by atomic mass is 19.1. The number of pyridine rings is 1. The van der Waals surface area contributed by atoms with Crippen molar-refractivity contribution in [1.82, 2.24) is 14.8 Å². The van der Waals surface area contributed by atoms with Gasteiger partial charge in [-0.05, 0) is 12.8 Å². The van der Waals surface area contributed by atoms with Crippen LogP contribution in [0.3, 0.4) is 0 Å². The van der Waals surface area contributed by atoms with Crippen LogP contribution >= 0.6 is 0 Å². The lowest BCUT2D eigenvalue weighted by atomic mass is 10.1. The Morgan fingerprint density at radius 3 is 2.76 bits per heavy atom. The monoisotopic (exact) mass is 230 g/mol. The molecule has 2 rings (SSSR count). The molecule has 86 valence electrons. The summed E-state index contributed by atoms with van der Waals surface area (Å²) in [5.74, 6) is -0.408. The molecule has 0 aliphatic rings. The van der Waals surface area contributed by atoms with Crippen LogP contribution in [0, 0.1) is 5.82 Å². The van der Waals surface area contributed by atoms with Crippen molar-refractivity contribution < 1.29 is 4.39 Å². The van der Waals surface area contributed by atoms with E-state index in [1.165, 1.54) is 10.9 Å². The highest BCUT2D eigenvalue weighted by molar-refractivity contribution is 5.69. The van der Waals surface area contributed by atoms with Gasteiger partial charge in [-0.3, -0.25) is 14.7 Å². The molecule has 0 unspecified atom stereocenters. The Hall–Kier alpha value is -2.30. The van der Waals surface area contributed by atoms with Crippen LogP contribution in [0.15, 0.2) is 30.0 Å². The summed E-state index contributed by atoms with van der Waals surface area (Å²) in [5.41, 5.74) is 2.20. The lowest BCUT2D eigenvalue weighted by molar-refractivity contribution is 0.628. The molecule has 0 fully saturated rings. The van der Waals surface area contributed by atoms with Crippen molar-refractivity contribution in [3.8, 4) is 11.4 Å². The summed E-state index contributed by atoms with van der Waals surface area (Å²) < 4.78 is 15.0. The van der Waals surface area contributed by atoms with Crippen LogP contribution in [0.2, 0.25) is 0 Å². The van der Waals surface area contributed by atoms with E-state index in [9.17, 15) is 4.39 Å². The van der Waals surface area contributed by atoms with E-state index in [-0.39, 0.29) is 0 Å². The summed E-state index contributed by atoms with van der Waals surface area (Å²) in [6.45, 7) is 7.11. The highest BCUT2D eigenvalue weighted by Crippen LogP contribution is 2.26. The molecule has 5 heteroatoms. The molecule has 0 N–H and O–H groups in total. The smallest absolute Gasteiger partial charge is 0.170 e. The lowest BCUT2D eigenvalue weighted by Gasteiger charge is -2.05. The van der Waals surface area contributed by atoms with Crippen molar-refractivity contribution in [2.45, 2.75) is 0 Å². The predicted molar refractivity (Wildman–Crippen MR) is 65.7 cm³/mol. The van der Waals surface area contributed by atoms with Crippen molar-refractivity contribution in [2.75, 3.05) is 0 Å². The topological polar surface area (TPSA) is 43.1 Å². The van der Waals surface area contributed by atoms with Gasteiger partial charge in [-0.2, -0.15) is 5.10 Å². The number of rotatable bonds is 3. The average Bonchev–Trinajstić information content (AvgIpc) is 2.68. The van der Waals surface area contributed by atoms with Gasteiger partial charge >= 0.3 is 0 Å². The van der Waals surface area contributed by atoms with Crippen LogP contribution < -0.4 is 0 Å². The first kappa shape index (κ1) is 11.2. The number of hydrogen-bond acceptors (Lipinski definition) is 3. The molecule has 0 saturated carbocycles. The molecule has 0 aromatic carbocycles. The summed E-state index contributed by atoms with van der Waals surface area (Å²) in [6.07, 6.45) is 4.32. The Morgan fingerprint density at radius 2 is 2.24 bits per heavy atom. The number of nitrogens with zero attached hydrogens (tertiary/aromatic N) is 4. The molecule has 0 amide bonds. The van der Waals surface area contributed by atoms with E-state index in [1.54, 1.807) is 19.2 Å². The second kappa shape index (κ2) is 4.29. The summed E-state index contributed by atoms with van der Waals surface area (Å²) in [7, 11) is 1.66. The number of hydrogen-bond donors (Lipinski definition) is 0. The molecule has 2 aromatic heterocycles. The molecule has 0 spiro atoms. The summed E-state index contributed by atoms with van der Waals surface area (Å²) in [4.78, 5) is 7.95. The molecule has 0 atom stereocenters. The lowest BCUT2D eigenvalue weighted by Crippen LogP contribution is -1.97. The van der Waals surface area contributed by atoms with Gasteiger partial charge in [-0.25, -0.2) is 4.39 Å². The van der Waals surface area contributed by atoms with Crippen LogP contribution in [0.4, 0.5) is 10.1 Å². The quantitative estimate of drug-likeness (QED) is 0.760. The maximum absolute atomic E-state index is 13.5. The van der Waals surface area contributed by atoms with Crippen molar-refractivity contribution >= 4 is 18.5 Å². The Labute approximate surface area is 98.1 Å². The molecular weight excluding hydrogens is 219 g/mol.